The number of nitrogens with zero attached hydrogens (tertiary/aromatic N) is 3. The van der Waals surface area contributed by atoms with Gasteiger partial charge in [-0.05, 0) is 19.8 Å². The molecule has 0 amide bonds. The molecule has 22 heavy (non-hydrogen) atoms. The summed E-state index contributed by atoms with van der Waals surface area (Å²) < 4.78 is 5.89. The van der Waals surface area contributed by atoms with E-state index in [1.807, 2.05) is 6.92 Å². The number of ether oxygens (including phenoxy) is 1. The molecule has 0 bridgehead atoms. The van der Waals surface area contributed by atoms with Gasteiger partial charge in [0.2, 0.25) is 0 Å². The Kier molecular flexibility index (Phi) is 5.57. The average molecular weight is 338 g/mol. The highest BCUT2D eigenvalue weighted by Crippen LogP contribution is 2.26. The first-order valence-electron chi connectivity index (χ1n) is 7.94. The Morgan fingerprint density at radius 2 is 2.23 bits per heavy atom. The predicted molar refractivity (Wildman–Crippen MR) is 91.5 cm³/mol. The molecular formula is C16H23N3OS2. The minimum absolute atomic E-state index is 0.116. The molecule has 2 aromatic rings. The van der Waals surface area contributed by atoms with Gasteiger partial charge in [0.15, 0.2) is 0 Å². The molecule has 6 heteroatoms. The lowest BCUT2D eigenvalue weighted by molar-refractivity contribution is -0.0333. The van der Waals surface area contributed by atoms with Crippen molar-refractivity contribution in [3.8, 4) is 0 Å². The highest BCUT2D eigenvalue weighted by molar-refractivity contribution is 7.10. The minimum atomic E-state index is 0.116. The summed E-state index contributed by atoms with van der Waals surface area (Å²) in [6, 6.07) is 0. The average Bonchev–Trinajstić information content (AvgIpc) is 3.15. The number of unbranched alkanes of at least 4 members (excludes halogenated alkanes) is 1. The molecule has 1 saturated heterocycles. The van der Waals surface area contributed by atoms with E-state index >= 15 is 0 Å². The quantitative estimate of drug-likeness (QED) is 0.803. The topological polar surface area (TPSA) is 38.2 Å². The molecular weight excluding hydrogens is 314 g/mol. The van der Waals surface area contributed by atoms with Crippen LogP contribution in [0.15, 0.2) is 10.8 Å². The van der Waals surface area contributed by atoms with E-state index in [4.69, 9.17) is 9.72 Å². The van der Waals surface area contributed by atoms with Crippen molar-refractivity contribution in [2.24, 2.45) is 0 Å². The van der Waals surface area contributed by atoms with Gasteiger partial charge in [-0.1, -0.05) is 13.3 Å². The molecule has 1 fully saturated rings. The Balaban J connectivity index is 1.57. The van der Waals surface area contributed by atoms with Crippen LogP contribution < -0.4 is 0 Å². The molecule has 1 aliphatic rings. The highest BCUT2D eigenvalue weighted by atomic mass is 32.1. The summed E-state index contributed by atoms with van der Waals surface area (Å²) >= 11 is 3.50. The van der Waals surface area contributed by atoms with Gasteiger partial charge >= 0.3 is 0 Å². The summed E-state index contributed by atoms with van der Waals surface area (Å²) in [5.41, 5.74) is 2.29. The van der Waals surface area contributed by atoms with Crippen LogP contribution in [0.5, 0.6) is 0 Å². The van der Waals surface area contributed by atoms with Crippen LogP contribution in [0, 0.1) is 6.92 Å². The van der Waals surface area contributed by atoms with E-state index in [1.165, 1.54) is 23.5 Å². The van der Waals surface area contributed by atoms with Crippen LogP contribution in [0.3, 0.4) is 0 Å². The summed E-state index contributed by atoms with van der Waals surface area (Å²) in [6.07, 6.45) is 3.69. The largest absolute Gasteiger partial charge is 0.368 e. The lowest BCUT2D eigenvalue weighted by Crippen LogP contribution is -2.37. The van der Waals surface area contributed by atoms with Gasteiger partial charge < -0.3 is 4.74 Å². The van der Waals surface area contributed by atoms with Crippen LogP contribution in [0.1, 0.15) is 47.3 Å². The van der Waals surface area contributed by atoms with Crippen LogP contribution in [-0.2, 0) is 17.7 Å². The number of aromatic nitrogens is 2. The molecule has 3 rings (SSSR count). The minimum Gasteiger partial charge on any atom is -0.368 e. The fourth-order valence-electron chi connectivity index (χ4n) is 2.61. The van der Waals surface area contributed by atoms with Crippen molar-refractivity contribution in [2.45, 2.75) is 45.8 Å². The Morgan fingerprint density at radius 3 is 3.00 bits per heavy atom. The second kappa shape index (κ2) is 7.64. The summed E-state index contributed by atoms with van der Waals surface area (Å²) in [4.78, 5) is 11.8. The van der Waals surface area contributed by atoms with Crippen molar-refractivity contribution in [3.05, 3.63) is 32.2 Å². The van der Waals surface area contributed by atoms with Crippen molar-refractivity contribution >= 4 is 22.7 Å². The monoisotopic (exact) mass is 337 g/mol. The number of hydrogen-bond acceptors (Lipinski definition) is 6. The molecule has 0 aliphatic carbocycles. The molecule has 0 unspecified atom stereocenters. The third-order valence-electron chi connectivity index (χ3n) is 3.79. The van der Waals surface area contributed by atoms with E-state index in [1.54, 1.807) is 22.7 Å². The molecule has 0 saturated carbocycles. The summed E-state index contributed by atoms with van der Waals surface area (Å²) in [7, 11) is 0. The Morgan fingerprint density at radius 1 is 1.32 bits per heavy atom. The van der Waals surface area contributed by atoms with Gasteiger partial charge in [0.1, 0.15) is 11.1 Å². The van der Waals surface area contributed by atoms with Gasteiger partial charge in [-0.25, -0.2) is 9.97 Å². The maximum Gasteiger partial charge on any atom is 0.123 e. The first kappa shape index (κ1) is 16.1. The van der Waals surface area contributed by atoms with Crippen molar-refractivity contribution in [1.29, 1.82) is 0 Å². The van der Waals surface area contributed by atoms with Gasteiger partial charge in [-0.15, -0.1) is 22.7 Å². The second-order valence-corrected chi connectivity index (χ2v) is 7.59. The smallest absolute Gasteiger partial charge is 0.123 e. The van der Waals surface area contributed by atoms with Crippen LogP contribution in [0.2, 0.25) is 0 Å². The van der Waals surface area contributed by atoms with E-state index < -0.39 is 0 Å². The lowest BCUT2D eigenvalue weighted by Gasteiger charge is -2.31. The molecule has 4 nitrogen and oxygen atoms in total. The molecule has 2 aromatic heterocycles. The number of morpholine rings is 1. The fourth-order valence-corrected chi connectivity index (χ4v) is 4.28. The van der Waals surface area contributed by atoms with E-state index in [0.717, 1.165) is 43.4 Å². The van der Waals surface area contributed by atoms with Crippen LogP contribution in [0.25, 0.3) is 0 Å². The van der Waals surface area contributed by atoms with Crippen LogP contribution in [-0.4, -0.2) is 34.6 Å². The zero-order valence-electron chi connectivity index (χ0n) is 13.2. The predicted octanol–water partition coefficient (Wildman–Crippen LogP) is 3.82. The Bertz CT molecular complexity index is 596. The summed E-state index contributed by atoms with van der Waals surface area (Å²) in [5, 5.41) is 6.68. The molecule has 120 valence electrons. The molecule has 0 radical (unpaired) electrons. The lowest BCUT2D eigenvalue weighted by atomic mass is 10.2. The number of rotatable bonds is 6. The third-order valence-corrected chi connectivity index (χ3v) is 5.80. The maximum absolute atomic E-state index is 5.89. The van der Waals surface area contributed by atoms with Gasteiger partial charge in [0.25, 0.3) is 0 Å². The first-order valence-corrected chi connectivity index (χ1v) is 9.69. The Labute approximate surface area is 140 Å². The summed E-state index contributed by atoms with van der Waals surface area (Å²) in [5.74, 6) is 0. The van der Waals surface area contributed by atoms with E-state index in [9.17, 15) is 0 Å². The highest BCUT2D eigenvalue weighted by Gasteiger charge is 2.24. The number of thiazole rings is 2. The van der Waals surface area contributed by atoms with Crippen molar-refractivity contribution in [1.82, 2.24) is 14.9 Å². The SMILES string of the molecule is CCCCc1nc(CN2CCO[C@@H](c3nc(C)cs3)C2)cs1. The van der Waals surface area contributed by atoms with Crippen LogP contribution in [0.4, 0.5) is 0 Å². The molecule has 0 spiro atoms. The summed E-state index contributed by atoms with van der Waals surface area (Å²) in [6.45, 7) is 7.84. The standard InChI is InChI=1S/C16H23N3OS2/c1-3-4-5-15-18-13(11-21-15)8-19-6-7-20-14(9-19)16-17-12(2)10-22-16/h10-11,14H,3-9H2,1-2H3/t14-/m1/s1. The second-order valence-electron chi connectivity index (χ2n) is 5.76. The van der Waals surface area contributed by atoms with Gasteiger partial charge in [-0.3, -0.25) is 4.90 Å². The fraction of sp³-hybridized carbons (Fsp3) is 0.625. The maximum atomic E-state index is 5.89. The van der Waals surface area contributed by atoms with Crippen molar-refractivity contribution in [2.75, 3.05) is 19.7 Å². The van der Waals surface area contributed by atoms with Gasteiger partial charge in [-0.2, -0.15) is 0 Å². The van der Waals surface area contributed by atoms with E-state index in [-0.39, 0.29) is 6.10 Å². The molecule has 0 aromatic carbocycles. The zero-order chi connectivity index (χ0) is 15.4. The number of hydrogen-bond donors (Lipinski definition) is 0. The number of aryl methyl sites for hydroxylation is 2. The van der Waals surface area contributed by atoms with Gasteiger partial charge in [0, 0.05) is 36.1 Å². The third kappa shape index (κ3) is 4.13. The van der Waals surface area contributed by atoms with E-state index in [2.05, 4.69) is 27.6 Å². The Hall–Kier alpha value is -0.820. The molecule has 1 atom stereocenters. The van der Waals surface area contributed by atoms with Crippen molar-refractivity contribution in [3.63, 3.8) is 0 Å². The zero-order valence-corrected chi connectivity index (χ0v) is 14.9. The normalized spacial score (nSPS) is 19.6. The van der Waals surface area contributed by atoms with Gasteiger partial charge in [0.05, 0.1) is 17.3 Å². The van der Waals surface area contributed by atoms with Crippen LogP contribution >= 0.6 is 22.7 Å². The molecule has 1 aliphatic heterocycles. The molecule has 3 heterocycles. The van der Waals surface area contributed by atoms with E-state index in [0.29, 0.717) is 0 Å². The van der Waals surface area contributed by atoms with Crippen molar-refractivity contribution < 1.29 is 4.74 Å². The first-order chi connectivity index (χ1) is 10.7. The molecule has 0 N–H and O–H groups in total.